The number of hydrogen-bond acceptors (Lipinski definition) is 7. The van der Waals surface area contributed by atoms with Crippen molar-refractivity contribution in [3.8, 4) is 11.5 Å². The van der Waals surface area contributed by atoms with Crippen LogP contribution in [0.4, 0.5) is 0 Å². The van der Waals surface area contributed by atoms with Gasteiger partial charge in [-0.15, -0.1) is 0 Å². The summed E-state index contributed by atoms with van der Waals surface area (Å²) < 4.78 is 24.0. The summed E-state index contributed by atoms with van der Waals surface area (Å²) in [5.74, 6) is 1.49. The minimum atomic E-state index is -0.924. The van der Waals surface area contributed by atoms with Crippen LogP contribution in [0.5, 0.6) is 11.5 Å². The molecular formula is C36H51NO7. The van der Waals surface area contributed by atoms with Crippen LogP contribution in [0.2, 0.25) is 0 Å². The molecule has 2 unspecified atom stereocenters. The lowest BCUT2D eigenvalue weighted by molar-refractivity contribution is -0.202. The summed E-state index contributed by atoms with van der Waals surface area (Å²) in [6.07, 6.45) is 11.8. The molecule has 2 aromatic carbocycles. The molecule has 242 valence electrons. The van der Waals surface area contributed by atoms with Crippen molar-refractivity contribution in [3.05, 3.63) is 59.7 Å². The highest BCUT2D eigenvalue weighted by Crippen LogP contribution is 2.27. The zero-order valence-electron chi connectivity index (χ0n) is 26.0. The van der Waals surface area contributed by atoms with Crippen LogP contribution in [0.15, 0.2) is 48.5 Å². The van der Waals surface area contributed by atoms with Crippen LogP contribution in [0.3, 0.4) is 0 Å². The molecule has 3 aliphatic rings. The predicted molar refractivity (Wildman–Crippen MR) is 169 cm³/mol. The molecule has 1 aliphatic heterocycles. The van der Waals surface area contributed by atoms with Gasteiger partial charge in [0.15, 0.2) is 6.29 Å². The summed E-state index contributed by atoms with van der Waals surface area (Å²) in [4.78, 5) is 12.5. The van der Waals surface area contributed by atoms with E-state index in [2.05, 4.69) is 29.6 Å². The molecule has 0 spiro atoms. The van der Waals surface area contributed by atoms with E-state index in [1.807, 2.05) is 24.3 Å². The van der Waals surface area contributed by atoms with Crippen molar-refractivity contribution < 1.29 is 34.0 Å². The minimum Gasteiger partial charge on any atom is -0.490 e. The zero-order chi connectivity index (χ0) is 30.6. The number of rotatable bonds is 16. The van der Waals surface area contributed by atoms with E-state index in [1.165, 1.54) is 31.2 Å². The Kier molecular flexibility index (Phi) is 12.8. The van der Waals surface area contributed by atoms with E-state index in [4.69, 9.17) is 18.9 Å². The SMILES string of the molecule is O=C(CC(O)C(CO)Cc1ccc(OC2CCCC2)cc1)NCCCC1OCC(Cc2ccc(OC3CCCC3)cc2)CO1. The zero-order valence-corrected chi connectivity index (χ0v) is 26.0. The quantitative estimate of drug-likeness (QED) is 0.220. The lowest BCUT2D eigenvalue weighted by atomic mass is 9.92. The molecule has 0 aromatic heterocycles. The smallest absolute Gasteiger partial charge is 0.222 e. The summed E-state index contributed by atoms with van der Waals surface area (Å²) in [6, 6.07) is 16.3. The number of aliphatic hydroxyl groups excluding tert-OH is 2. The second-order valence-electron chi connectivity index (χ2n) is 12.9. The van der Waals surface area contributed by atoms with Gasteiger partial charge in [-0.1, -0.05) is 24.3 Å². The lowest BCUT2D eigenvalue weighted by Gasteiger charge is -2.29. The monoisotopic (exact) mass is 609 g/mol. The third-order valence-electron chi connectivity index (χ3n) is 9.23. The number of benzene rings is 2. The van der Waals surface area contributed by atoms with Gasteiger partial charge in [0.2, 0.25) is 5.91 Å². The van der Waals surface area contributed by atoms with Gasteiger partial charge in [-0.05, 0) is 106 Å². The Hall–Kier alpha value is -2.65. The second kappa shape index (κ2) is 17.2. The van der Waals surface area contributed by atoms with Crippen molar-refractivity contribution in [3.63, 3.8) is 0 Å². The van der Waals surface area contributed by atoms with Gasteiger partial charge in [-0.3, -0.25) is 4.79 Å². The third kappa shape index (κ3) is 10.5. The second-order valence-corrected chi connectivity index (χ2v) is 12.9. The highest BCUT2D eigenvalue weighted by molar-refractivity contribution is 5.76. The Bertz CT molecular complexity index is 1100. The summed E-state index contributed by atoms with van der Waals surface area (Å²) in [5, 5.41) is 23.4. The van der Waals surface area contributed by atoms with Crippen LogP contribution in [-0.2, 0) is 27.1 Å². The number of carbonyl (C=O) groups excluding carboxylic acids is 1. The van der Waals surface area contributed by atoms with E-state index >= 15 is 0 Å². The molecule has 1 heterocycles. The number of carbonyl (C=O) groups is 1. The van der Waals surface area contributed by atoms with Gasteiger partial charge in [0.1, 0.15) is 11.5 Å². The third-order valence-corrected chi connectivity index (χ3v) is 9.23. The number of hydrogen-bond donors (Lipinski definition) is 3. The van der Waals surface area contributed by atoms with Crippen molar-refractivity contribution in [2.45, 2.75) is 108 Å². The molecule has 0 radical (unpaired) electrons. The molecule has 3 fully saturated rings. The van der Waals surface area contributed by atoms with Gasteiger partial charge in [0, 0.05) is 31.4 Å². The lowest BCUT2D eigenvalue weighted by Crippen LogP contribution is -2.35. The maximum absolute atomic E-state index is 12.5. The maximum atomic E-state index is 12.5. The topological polar surface area (TPSA) is 106 Å². The molecule has 2 aromatic rings. The minimum absolute atomic E-state index is 0.0418. The van der Waals surface area contributed by atoms with E-state index in [0.29, 0.717) is 50.7 Å². The van der Waals surface area contributed by atoms with E-state index in [0.717, 1.165) is 55.6 Å². The summed E-state index contributed by atoms with van der Waals surface area (Å²) in [7, 11) is 0. The number of nitrogens with one attached hydrogen (secondary N) is 1. The first-order valence-electron chi connectivity index (χ1n) is 16.8. The fraction of sp³-hybridized carbons (Fsp3) is 0.639. The molecule has 2 aliphatic carbocycles. The Morgan fingerprint density at radius 2 is 1.39 bits per heavy atom. The van der Waals surface area contributed by atoms with Crippen LogP contribution in [-0.4, -0.2) is 67.1 Å². The van der Waals surface area contributed by atoms with Gasteiger partial charge in [-0.25, -0.2) is 0 Å². The van der Waals surface area contributed by atoms with E-state index in [1.54, 1.807) is 0 Å². The molecule has 5 rings (SSSR count). The fourth-order valence-electron chi connectivity index (χ4n) is 6.56. The van der Waals surface area contributed by atoms with Crippen molar-refractivity contribution in [2.24, 2.45) is 11.8 Å². The largest absolute Gasteiger partial charge is 0.490 e. The van der Waals surface area contributed by atoms with Crippen molar-refractivity contribution >= 4 is 5.91 Å². The highest BCUT2D eigenvalue weighted by atomic mass is 16.7. The average Bonchev–Trinajstić information content (AvgIpc) is 3.75. The molecule has 8 nitrogen and oxygen atoms in total. The Balaban J connectivity index is 0.924. The highest BCUT2D eigenvalue weighted by Gasteiger charge is 2.24. The van der Waals surface area contributed by atoms with Gasteiger partial charge >= 0.3 is 0 Å². The molecule has 0 bridgehead atoms. The van der Waals surface area contributed by atoms with Gasteiger partial charge in [0.25, 0.3) is 0 Å². The number of aliphatic hydroxyl groups is 2. The number of ether oxygens (including phenoxy) is 4. The first kappa shape index (κ1) is 32.7. The fourth-order valence-corrected chi connectivity index (χ4v) is 6.56. The normalized spacial score (nSPS) is 22.5. The van der Waals surface area contributed by atoms with Crippen LogP contribution >= 0.6 is 0 Å². The first-order valence-corrected chi connectivity index (χ1v) is 16.8. The first-order chi connectivity index (χ1) is 21.5. The van der Waals surface area contributed by atoms with Gasteiger partial charge in [0.05, 0.1) is 37.9 Å². The maximum Gasteiger partial charge on any atom is 0.222 e. The molecule has 1 saturated heterocycles. The molecule has 2 saturated carbocycles. The standard InChI is InChI=1S/C36H51NO7/c38-23-29(21-27-13-17-33(18-14-27)44-31-8-3-4-9-31)34(39)22-35(40)37-19-5-10-36-41-24-28(25-42-36)20-26-11-15-32(16-12-26)43-30-6-1-2-7-30/h11-18,28-31,34,36,38-39H,1-10,19-25H2,(H,37,40). The van der Waals surface area contributed by atoms with E-state index in [-0.39, 0.29) is 25.2 Å². The molecule has 8 heteroatoms. The van der Waals surface area contributed by atoms with E-state index < -0.39 is 12.0 Å². The molecule has 2 atom stereocenters. The molecule has 3 N–H and O–H groups in total. The number of amides is 1. The van der Waals surface area contributed by atoms with E-state index in [9.17, 15) is 15.0 Å². The van der Waals surface area contributed by atoms with Crippen LogP contribution in [0, 0.1) is 11.8 Å². The van der Waals surface area contributed by atoms with Crippen LogP contribution < -0.4 is 14.8 Å². The Labute approximate surface area is 262 Å². The Morgan fingerprint density at radius 1 is 0.841 bits per heavy atom. The molecule has 1 amide bonds. The van der Waals surface area contributed by atoms with Crippen LogP contribution in [0.25, 0.3) is 0 Å². The average molecular weight is 610 g/mol. The van der Waals surface area contributed by atoms with Gasteiger partial charge in [-0.2, -0.15) is 0 Å². The Morgan fingerprint density at radius 3 is 1.93 bits per heavy atom. The van der Waals surface area contributed by atoms with Crippen molar-refractivity contribution in [2.75, 3.05) is 26.4 Å². The molecular weight excluding hydrogens is 558 g/mol. The summed E-state index contributed by atoms with van der Waals surface area (Å²) in [6.45, 7) is 1.61. The van der Waals surface area contributed by atoms with Crippen molar-refractivity contribution in [1.29, 1.82) is 0 Å². The van der Waals surface area contributed by atoms with Crippen LogP contribution in [0.1, 0.15) is 81.8 Å². The van der Waals surface area contributed by atoms with Crippen molar-refractivity contribution in [1.82, 2.24) is 5.32 Å². The summed E-state index contributed by atoms with van der Waals surface area (Å²) in [5.41, 5.74) is 2.26. The predicted octanol–water partition coefficient (Wildman–Crippen LogP) is 5.36. The molecule has 44 heavy (non-hydrogen) atoms. The summed E-state index contributed by atoms with van der Waals surface area (Å²) >= 11 is 0. The van der Waals surface area contributed by atoms with Gasteiger partial charge < -0.3 is 34.5 Å².